The standard InChI is InChI=1S/C16H15N3OS/c1-20-12-6-2-10(3-7-12)13-8-21-16-14(13)15(17-9-18-16)19-11-4-5-11/h2-3,6-9,11H,4-5H2,1H3,(H,17,18,19). The Balaban J connectivity index is 1.83. The number of fused-ring (bicyclic) bond motifs is 1. The van der Waals surface area contributed by atoms with Gasteiger partial charge in [0, 0.05) is 17.0 Å². The van der Waals surface area contributed by atoms with Crippen LogP contribution in [0.3, 0.4) is 0 Å². The van der Waals surface area contributed by atoms with Crippen LogP contribution < -0.4 is 10.1 Å². The molecule has 0 unspecified atom stereocenters. The van der Waals surface area contributed by atoms with E-state index in [0.717, 1.165) is 27.3 Å². The maximum atomic E-state index is 5.22. The van der Waals surface area contributed by atoms with Gasteiger partial charge in [0.1, 0.15) is 22.7 Å². The van der Waals surface area contributed by atoms with Crippen molar-refractivity contribution in [1.82, 2.24) is 9.97 Å². The van der Waals surface area contributed by atoms with E-state index >= 15 is 0 Å². The summed E-state index contributed by atoms with van der Waals surface area (Å²) in [4.78, 5) is 9.86. The molecule has 1 aliphatic carbocycles. The van der Waals surface area contributed by atoms with Crippen LogP contribution in [0.25, 0.3) is 21.3 Å². The largest absolute Gasteiger partial charge is 0.497 e. The van der Waals surface area contributed by atoms with E-state index in [-0.39, 0.29) is 0 Å². The van der Waals surface area contributed by atoms with E-state index in [9.17, 15) is 0 Å². The number of nitrogens with zero attached hydrogens (tertiary/aromatic N) is 2. The highest BCUT2D eigenvalue weighted by Crippen LogP contribution is 2.38. The van der Waals surface area contributed by atoms with Gasteiger partial charge in [0.2, 0.25) is 0 Å². The Hall–Kier alpha value is -2.14. The Labute approximate surface area is 126 Å². The van der Waals surface area contributed by atoms with Crippen LogP contribution in [0.15, 0.2) is 36.0 Å². The molecular weight excluding hydrogens is 282 g/mol. The van der Waals surface area contributed by atoms with E-state index in [0.29, 0.717) is 6.04 Å². The average Bonchev–Trinajstić information content (AvgIpc) is 3.23. The molecular formula is C16H15N3OS. The number of anilines is 1. The third kappa shape index (κ3) is 2.34. The number of methoxy groups -OCH3 is 1. The molecule has 2 heterocycles. The minimum atomic E-state index is 0.576. The van der Waals surface area contributed by atoms with Crippen molar-refractivity contribution in [3.63, 3.8) is 0 Å². The molecule has 4 rings (SSSR count). The maximum absolute atomic E-state index is 5.22. The summed E-state index contributed by atoms with van der Waals surface area (Å²) in [5, 5.41) is 6.79. The lowest BCUT2D eigenvalue weighted by atomic mass is 10.1. The van der Waals surface area contributed by atoms with Crippen molar-refractivity contribution >= 4 is 27.4 Å². The predicted molar refractivity (Wildman–Crippen MR) is 86.0 cm³/mol. The van der Waals surface area contributed by atoms with E-state index in [1.807, 2.05) is 12.1 Å². The number of rotatable bonds is 4. The van der Waals surface area contributed by atoms with Gasteiger partial charge in [0.05, 0.1) is 12.5 Å². The fourth-order valence-corrected chi connectivity index (χ4v) is 3.30. The van der Waals surface area contributed by atoms with Crippen LogP contribution >= 0.6 is 11.3 Å². The molecule has 2 aromatic heterocycles. The molecule has 1 aliphatic rings. The van der Waals surface area contributed by atoms with Gasteiger partial charge >= 0.3 is 0 Å². The zero-order valence-electron chi connectivity index (χ0n) is 11.7. The van der Waals surface area contributed by atoms with E-state index in [1.54, 1.807) is 24.8 Å². The Kier molecular flexibility index (Phi) is 3.00. The molecule has 4 nitrogen and oxygen atoms in total. The van der Waals surface area contributed by atoms with Crippen LogP contribution in [0.2, 0.25) is 0 Å². The Bertz CT molecular complexity index is 778. The molecule has 0 aliphatic heterocycles. The van der Waals surface area contributed by atoms with Crippen LogP contribution in [-0.4, -0.2) is 23.1 Å². The lowest BCUT2D eigenvalue weighted by Gasteiger charge is -2.07. The molecule has 0 radical (unpaired) electrons. The van der Waals surface area contributed by atoms with Crippen molar-refractivity contribution in [3.8, 4) is 16.9 Å². The van der Waals surface area contributed by atoms with Gasteiger partial charge in [-0.2, -0.15) is 0 Å². The minimum absolute atomic E-state index is 0.576. The van der Waals surface area contributed by atoms with Crippen molar-refractivity contribution in [2.45, 2.75) is 18.9 Å². The molecule has 21 heavy (non-hydrogen) atoms. The number of nitrogens with one attached hydrogen (secondary N) is 1. The molecule has 106 valence electrons. The summed E-state index contributed by atoms with van der Waals surface area (Å²) in [6.07, 6.45) is 4.10. The topological polar surface area (TPSA) is 47.0 Å². The van der Waals surface area contributed by atoms with Gasteiger partial charge in [-0.3, -0.25) is 0 Å². The zero-order chi connectivity index (χ0) is 14.2. The summed E-state index contributed by atoms with van der Waals surface area (Å²) in [6, 6.07) is 8.70. The van der Waals surface area contributed by atoms with Crippen molar-refractivity contribution in [1.29, 1.82) is 0 Å². The fraction of sp³-hybridized carbons (Fsp3) is 0.250. The first kappa shape index (κ1) is 12.6. The Morgan fingerprint density at radius 1 is 1.19 bits per heavy atom. The average molecular weight is 297 g/mol. The van der Waals surface area contributed by atoms with Crippen LogP contribution in [0, 0.1) is 0 Å². The maximum Gasteiger partial charge on any atom is 0.139 e. The predicted octanol–water partition coefficient (Wildman–Crippen LogP) is 3.94. The highest BCUT2D eigenvalue weighted by Gasteiger charge is 2.23. The second-order valence-electron chi connectivity index (χ2n) is 5.20. The van der Waals surface area contributed by atoms with Crippen molar-refractivity contribution < 1.29 is 4.74 Å². The normalized spacial score (nSPS) is 14.3. The molecule has 1 fully saturated rings. The summed E-state index contributed by atoms with van der Waals surface area (Å²) in [5.74, 6) is 1.82. The molecule has 0 atom stereocenters. The van der Waals surface area contributed by atoms with Crippen molar-refractivity contribution in [3.05, 3.63) is 36.0 Å². The molecule has 3 aromatic rings. The van der Waals surface area contributed by atoms with Crippen LogP contribution in [0.1, 0.15) is 12.8 Å². The van der Waals surface area contributed by atoms with Gasteiger partial charge in [0.15, 0.2) is 0 Å². The van der Waals surface area contributed by atoms with Crippen LogP contribution in [0.4, 0.5) is 5.82 Å². The molecule has 5 heteroatoms. The zero-order valence-corrected chi connectivity index (χ0v) is 12.5. The minimum Gasteiger partial charge on any atom is -0.497 e. The van der Waals surface area contributed by atoms with Crippen LogP contribution in [-0.2, 0) is 0 Å². The Morgan fingerprint density at radius 3 is 2.71 bits per heavy atom. The van der Waals surface area contributed by atoms with Gasteiger partial charge in [-0.15, -0.1) is 11.3 Å². The third-order valence-corrected chi connectivity index (χ3v) is 4.58. The van der Waals surface area contributed by atoms with Crippen LogP contribution in [0.5, 0.6) is 5.75 Å². The molecule has 0 amide bonds. The number of aromatic nitrogens is 2. The number of ether oxygens (including phenoxy) is 1. The number of hydrogen-bond acceptors (Lipinski definition) is 5. The molecule has 1 saturated carbocycles. The third-order valence-electron chi connectivity index (χ3n) is 3.69. The fourth-order valence-electron chi connectivity index (χ4n) is 2.39. The molecule has 1 aromatic carbocycles. The second-order valence-corrected chi connectivity index (χ2v) is 6.06. The summed E-state index contributed by atoms with van der Waals surface area (Å²) in [7, 11) is 1.68. The first-order chi connectivity index (χ1) is 10.3. The quantitative estimate of drug-likeness (QED) is 0.792. The molecule has 0 spiro atoms. The summed E-state index contributed by atoms with van der Waals surface area (Å²) < 4.78 is 5.22. The molecule has 0 bridgehead atoms. The number of benzene rings is 1. The summed E-state index contributed by atoms with van der Waals surface area (Å²) in [6.45, 7) is 0. The van der Waals surface area contributed by atoms with Crippen molar-refractivity contribution in [2.24, 2.45) is 0 Å². The van der Waals surface area contributed by atoms with E-state index < -0.39 is 0 Å². The second kappa shape index (κ2) is 5.00. The van der Waals surface area contributed by atoms with E-state index in [4.69, 9.17) is 4.74 Å². The monoisotopic (exact) mass is 297 g/mol. The first-order valence-corrected chi connectivity index (χ1v) is 7.86. The lowest BCUT2D eigenvalue weighted by Crippen LogP contribution is -2.03. The van der Waals surface area contributed by atoms with E-state index in [2.05, 4.69) is 32.8 Å². The van der Waals surface area contributed by atoms with Gasteiger partial charge in [-0.05, 0) is 30.5 Å². The van der Waals surface area contributed by atoms with Gasteiger partial charge in [-0.1, -0.05) is 12.1 Å². The highest BCUT2D eigenvalue weighted by atomic mass is 32.1. The lowest BCUT2D eigenvalue weighted by molar-refractivity contribution is 0.415. The molecule has 0 saturated heterocycles. The SMILES string of the molecule is COc1ccc(-c2csc3ncnc(NC4CC4)c23)cc1. The summed E-state index contributed by atoms with van der Waals surface area (Å²) in [5.41, 5.74) is 2.34. The smallest absolute Gasteiger partial charge is 0.139 e. The number of hydrogen-bond donors (Lipinski definition) is 1. The van der Waals surface area contributed by atoms with Gasteiger partial charge in [0.25, 0.3) is 0 Å². The van der Waals surface area contributed by atoms with E-state index in [1.165, 1.54) is 18.4 Å². The number of thiophene rings is 1. The Morgan fingerprint density at radius 2 is 2.00 bits per heavy atom. The molecule has 1 N–H and O–H groups in total. The van der Waals surface area contributed by atoms with Gasteiger partial charge in [-0.25, -0.2) is 9.97 Å². The first-order valence-electron chi connectivity index (χ1n) is 6.98. The van der Waals surface area contributed by atoms with Gasteiger partial charge < -0.3 is 10.1 Å². The highest BCUT2D eigenvalue weighted by molar-refractivity contribution is 7.17. The van der Waals surface area contributed by atoms with Crippen molar-refractivity contribution in [2.75, 3.05) is 12.4 Å². The summed E-state index contributed by atoms with van der Waals surface area (Å²) >= 11 is 1.66.